The van der Waals surface area contributed by atoms with Crippen molar-refractivity contribution in [3.63, 3.8) is 0 Å². The van der Waals surface area contributed by atoms with Crippen LogP contribution in [0.4, 0.5) is 18.0 Å². The molecule has 1 heterocycles. The lowest BCUT2D eigenvalue weighted by atomic mass is 10.2. The molecule has 1 saturated heterocycles. The van der Waals surface area contributed by atoms with Gasteiger partial charge in [0.2, 0.25) is 5.91 Å². The highest BCUT2D eigenvalue weighted by Gasteiger charge is 2.29. The Bertz CT molecular complexity index is 320. The van der Waals surface area contributed by atoms with Crippen molar-refractivity contribution < 1.29 is 27.9 Å². The molecule has 1 aliphatic rings. The summed E-state index contributed by atoms with van der Waals surface area (Å²) in [6, 6.07) is 0. The molecule has 18 heavy (non-hydrogen) atoms. The summed E-state index contributed by atoms with van der Waals surface area (Å²) in [5.74, 6) is -0.570. The monoisotopic (exact) mass is 268 g/mol. The second kappa shape index (κ2) is 5.92. The normalized spacial score (nSPS) is 17.5. The molecule has 0 aromatic heterocycles. The van der Waals surface area contributed by atoms with Crippen LogP contribution >= 0.6 is 0 Å². The zero-order valence-corrected chi connectivity index (χ0v) is 9.74. The number of carbonyl (C=O) groups is 2. The molecule has 0 radical (unpaired) electrons. The van der Waals surface area contributed by atoms with Crippen LogP contribution in [0.25, 0.3) is 0 Å². The molecule has 0 aromatic carbocycles. The van der Waals surface area contributed by atoms with Crippen molar-refractivity contribution in [2.75, 3.05) is 26.2 Å². The first-order valence-corrected chi connectivity index (χ1v) is 5.62. The van der Waals surface area contributed by atoms with E-state index in [4.69, 9.17) is 5.11 Å². The molecule has 0 atom stereocenters. The lowest BCUT2D eigenvalue weighted by molar-refractivity contribution is -0.149. The van der Waals surface area contributed by atoms with Gasteiger partial charge >= 0.3 is 12.3 Å². The fraction of sp³-hybridized carbons (Fsp3) is 0.800. The number of hydrogen-bond acceptors (Lipinski definition) is 2. The van der Waals surface area contributed by atoms with E-state index in [0.29, 0.717) is 19.5 Å². The van der Waals surface area contributed by atoms with Gasteiger partial charge in [-0.25, -0.2) is 4.79 Å². The van der Waals surface area contributed by atoms with E-state index in [0.717, 1.165) is 4.90 Å². The lowest BCUT2D eigenvalue weighted by Crippen LogP contribution is -2.37. The van der Waals surface area contributed by atoms with Crippen LogP contribution in [-0.2, 0) is 4.79 Å². The molecule has 0 bridgehead atoms. The lowest BCUT2D eigenvalue weighted by Gasteiger charge is -2.21. The van der Waals surface area contributed by atoms with Crippen molar-refractivity contribution >= 4 is 12.0 Å². The van der Waals surface area contributed by atoms with E-state index >= 15 is 0 Å². The van der Waals surface area contributed by atoms with Crippen LogP contribution in [0.1, 0.15) is 19.3 Å². The Morgan fingerprint density at radius 2 is 1.61 bits per heavy atom. The van der Waals surface area contributed by atoms with E-state index in [-0.39, 0.29) is 13.1 Å². The summed E-state index contributed by atoms with van der Waals surface area (Å²) in [5.41, 5.74) is 0. The third-order valence-corrected chi connectivity index (χ3v) is 2.74. The quantitative estimate of drug-likeness (QED) is 0.826. The van der Waals surface area contributed by atoms with Crippen LogP contribution in [0.5, 0.6) is 0 Å². The van der Waals surface area contributed by atoms with Crippen LogP contribution < -0.4 is 0 Å². The number of halogens is 3. The topological polar surface area (TPSA) is 60.9 Å². The summed E-state index contributed by atoms with van der Waals surface area (Å²) < 4.78 is 35.9. The third-order valence-electron chi connectivity index (χ3n) is 2.74. The average Bonchev–Trinajstić information content (AvgIpc) is 2.50. The molecule has 5 nitrogen and oxygen atoms in total. The van der Waals surface area contributed by atoms with E-state index in [2.05, 4.69) is 0 Å². The molecular weight excluding hydrogens is 253 g/mol. The van der Waals surface area contributed by atoms with Gasteiger partial charge in [-0.1, -0.05) is 0 Å². The SMILES string of the molecule is O=C(O)N1CCCN(C(=O)CCC(F)(F)F)CC1. The Kier molecular flexibility index (Phi) is 4.80. The summed E-state index contributed by atoms with van der Waals surface area (Å²) in [5, 5.41) is 8.77. The van der Waals surface area contributed by atoms with Gasteiger partial charge in [0.05, 0.1) is 6.42 Å². The first-order chi connectivity index (χ1) is 8.29. The van der Waals surface area contributed by atoms with Gasteiger partial charge in [0.15, 0.2) is 0 Å². The molecule has 1 N–H and O–H groups in total. The molecule has 1 aliphatic heterocycles. The molecule has 1 fully saturated rings. The summed E-state index contributed by atoms with van der Waals surface area (Å²) >= 11 is 0. The Hall–Kier alpha value is -1.47. The van der Waals surface area contributed by atoms with Crippen molar-refractivity contribution in [1.82, 2.24) is 9.80 Å². The Balaban J connectivity index is 2.43. The number of carboxylic acid groups (broad SMARTS) is 1. The smallest absolute Gasteiger partial charge is 0.407 e. The van der Waals surface area contributed by atoms with Crippen molar-refractivity contribution in [1.29, 1.82) is 0 Å². The maximum Gasteiger partial charge on any atom is 0.407 e. The Morgan fingerprint density at radius 3 is 2.17 bits per heavy atom. The van der Waals surface area contributed by atoms with Gasteiger partial charge in [0, 0.05) is 32.6 Å². The van der Waals surface area contributed by atoms with Gasteiger partial charge in [-0.3, -0.25) is 4.79 Å². The van der Waals surface area contributed by atoms with E-state index in [1.807, 2.05) is 0 Å². The molecule has 0 saturated carbocycles. The van der Waals surface area contributed by atoms with Crippen LogP contribution in [0, 0.1) is 0 Å². The second-order valence-electron chi connectivity index (χ2n) is 4.12. The van der Waals surface area contributed by atoms with E-state index in [1.54, 1.807) is 0 Å². The van der Waals surface area contributed by atoms with Gasteiger partial charge in [0.1, 0.15) is 0 Å². The minimum absolute atomic E-state index is 0.146. The molecule has 104 valence electrons. The molecule has 1 rings (SSSR count). The van der Waals surface area contributed by atoms with E-state index in [9.17, 15) is 22.8 Å². The number of nitrogens with zero attached hydrogens (tertiary/aromatic N) is 2. The molecule has 0 spiro atoms. The number of rotatable bonds is 2. The molecule has 2 amide bonds. The van der Waals surface area contributed by atoms with Crippen LogP contribution in [0.3, 0.4) is 0 Å². The number of alkyl halides is 3. The van der Waals surface area contributed by atoms with Crippen molar-refractivity contribution in [2.45, 2.75) is 25.4 Å². The number of amides is 2. The largest absolute Gasteiger partial charge is 0.465 e. The first kappa shape index (κ1) is 14.6. The molecule has 8 heteroatoms. The summed E-state index contributed by atoms with van der Waals surface area (Å²) in [6.45, 7) is 0.912. The summed E-state index contributed by atoms with van der Waals surface area (Å²) in [6.07, 6.45) is -6.67. The van der Waals surface area contributed by atoms with Crippen molar-refractivity contribution in [2.24, 2.45) is 0 Å². The van der Waals surface area contributed by atoms with Crippen LogP contribution in [-0.4, -0.2) is 59.3 Å². The van der Waals surface area contributed by atoms with Gasteiger partial charge in [-0.15, -0.1) is 0 Å². The maximum absolute atomic E-state index is 12.0. The minimum atomic E-state index is -4.34. The van der Waals surface area contributed by atoms with Crippen LogP contribution in [0.2, 0.25) is 0 Å². The van der Waals surface area contributed by atoms with E-state index < -0.39 is 31.0 Å². The molecule has 0 aliphatic carbocycles. The van der Waals surface area contributed by atoms with Gasteiger partial charge < -0.3 is 14.9 Å². The third kappa shape index (κ3) is 4.80. The van der Waals surface area contributed by atoms with Gasteiger partial charge in [-0.2, -0.15) is 13.2 Å². The van der Waals surface area contributed by atoms with Gasteiger partial charge in [0.25, 0.3) is 0 Å². The fourth-order valence-corrected chi connectivity index (χ4v) is 1.76. The predicted octanol–water partition coefficient (Wildman–Crippen LogP) is 1.54. The molecular formula is C10H15F3N2O3. The Morgan fingerprint density at radius 1 is 1.06 bits per heavy atom. The van der Waals surface area contributed by atoms with E-state index in [1.165, 1.54) is 4.90 Å². The number of hydrogen-bond donors (Lipinski definition) is 1. The van der Waals surface area contributed by atoms with Gasteiger partial charge in [-0.05, 0) is 6.42 Å². The first-order valence-electron chi connectivity index (χ1n) is 5.62. The zero-order chi connectivity index (χ0) is 13.8. The average molecular weight is 268 g/mol. The summed E-state index contributed by atoms with van der Waals surface area (Å²) in [4.78, 5) is 24.7. The fourth-order valence-electron chi connectivity index (χ4n) is 1.76. The highest BCUT2D eigenvalue weighted by Crippen LogP contribution is 2.22. The Labute approximate surface area is 102 Å². The molecule has 0 aromatic rings. The zero-order valence-electron chi connectivity index (χ0n) is 9.74. The molecule has 0 unspecified atom stereocenters. The van der Waals surface area contributed by atoms with Crippen LogP contribution in [0.15, 0.2) is 0 Å². The van der Waals surface area contributed by atoms with Crippen molar-refractivity contribution in [3.05, 3.63) is 0 Å². The minimum Gasteiger partial charge on any atom is -0.465 e. The summed E-state index contributed by atoms with van der Waals surface area (Å²) in [7, 11) is 0. The number of carbonyl (C=O) groups excluding carboxylic acids is 1. The standard InChI is InChI=1S/C10H15F3N2O3/c11-10(12,13)3-2-8(16)14-4-1-5-15(7-6-14)9(17)18/h1-7H2,(H,17,18). The highest BCUT2D eigenvalue weighted by molar-refractivity contribution is 5.76. The van der Waals surface area contributed by atoms with Crippen molar-refractivity contribution in [3.8, 4) is 0 Å². The predicted molar refractivity (Wildman–Crippen MR) is 56.1 cm³/mol. The maximum atomic E-state index is 12.0. The highest BCUT2D eigenvalue weighted by atomic mass is 19.4. The second-order valence-corrected chi connectivity index (χ2v) is 4.12.